The minimum absolute atomic E-state index is 0.109. The Labute approximate surface area is 80.8 Å². The Balaban J connectivity index is 3.50. The van der Waals surface area contributed by atoms with E-state index in [9.17, 15) is 4.79 Å². The van der Waals surface area contributed by atoms with E-state index in [1.165, 1.54) is 0 Å². The fraction of sp³-hybridized carbons (Fsp3) is 0.900. The summed E-state index contributed by atoms with van der Waals surface area (Å²) in [6, 6.07) is 0.213. The highest BCUT2D eigenvalue weighted by atomic mass is 16.5. The number of rotatable bonds is 6. The molecule has 0 aliphatic heterocycles. The summed E-state index contributed by atoms with van der Waals surface area (Å²) in [4.78, 5) is 11.2. The molecule has 13 heavy (non-hydrogen) atoms. The first-order chi connectivity index (χ1) is 6.06. The van der Waals surface area contributed by atoms with E-state index in [4.69, 9.17) is 4.74 Å². The summed E-state index contributed by atoms with van der Waals surface area (Å²) in [6.45, 7) is 9.48. The predicted molar refractivity (Wildman–Crippen MR) is 53.6 cm³/mol. The summed E-state index contributed by atoms with van der Waals surface area (Å²) in [5.74, 6) is 0.306. The van der Waals surface area contributed by atoms with Crippen molar-refractivity contribution in [2.45, 2.75) is 40.2 Å². The van der Waals surface area contributed by atoms with Crippen molar-refractivity contribution in [3.8, 4) is 0 Å². The fourth-order valence-electron chi connectivity index (χ4n) is 0.989. The molecule has 0 bridgehead atoms. The maximum absolute atomic E-state index is 11.2. The molecule has 0 aromatic rings. The lowest BCUT2D eigenvalue weighted by atomic mass is 10.2. The number of ether oxygens (including phenoxy) is 1. The van der Waals surface area contributed by atoms with Gasteiger partial charge in [-0.05, 0) is 19.4 Å². The first-order valence-corrected chi connectivity index (χ1v) is 4.95. The van der Waals surface area contributed by atoms with E-state index in [1.807, 2.05) is 27.7 Å². The standard InChI is InChI=1S/C10H21NO2/c1-5-11-9(4)6-10(12)13-7-8(2)3/h8-9,11H,5-7H2,1-4H3. The molecule has 0 saturated carbocycles. The molecule has 0 radical (unpaired) electrons. The molecule has 78 valence electrons. The normalized spacial score (nSPS) is 13.0. The summed E-state index contributed by atoms with van der Waals surface area (Å²) in [5.41, 5.74) is 0. The largest absolute Gasteiger partial charge is 0.465 e. The van der Waals surface area contributed by atoms with Crippen LogP contribution in [-0.2, 0) is 9.53 Å². The number of carbonyl (C=O) groups excluding carboxylic acids is 1. The van der Waals surface area contributed by atoms with Crippen LogP contribution in [0.25, 0.3) is 0 Å². The maximum Gasteiger partial charge on any atom is 0.307 e. The van der Waals surface area contributed by atoms with Gasteiger partial charge in [0.1, 0.15) is 0 Å². The van der Waals surface area contributed by atoms with Gasteiger partial charge in [-0.1, -0.05) is 20.8 Å². The van der Waals surface area contributed by atoms with Crippen molar-refractivity contribution < 1.29 is 9.53 Å². The van der Waals surface area contributed by atoms with Crippen LogP contribution in [0.2, 0.25) is 0 Å². The molecule has 0 amide bonds. The Morgan fingerprint density at radius 3 is 2.46 bits per heavy atom. The zero-order valence-electron chi connectivity index (χ0n) is 9.09. The van der Waals surface area contributed by atoms with Gasteiger partial charge in [-0.3, -0.25) is 4.79 Å². The average Bonchev–Trinajstić information content (AvgIpc) is 2.01. The molecule has 3 nitrogen and oxygen atoms in total. The zero-order valence-corrected chi connectivity index (χ0v) is 9.09. The summed E-state index contributed by atoms with van der Waals surface area (Å²) in [5, 5.41) is 3.16. The van der Waals surface area contributed by atoms with Crippen LogP contribution in [0.3, 0.4) is 0 Å². The van der Waals surface area contributed by atoms with Crippen molar-refractivity contribution in [3.63, 3.8) is 0 Å². The van der Waals surface area contributed by atoms with E-state index in [-0.39, 0.29) is 12.0 Å². The van der Waals surface area contributed by atoms with E-state index in [0.29, 0.717) is 18.9 Å². The summed E-state index contributed by atoms with van der Waals surface area (Å²) >= 11 is 0. The molecule has 3 heteroatoms. The third kappa shape index (κ3) is 7.78. The predicted octanol–water partition coefficient (Wildman–Crippen LogP) is 1.57. The lowest BCUT2D eigenvalue weighted by Gasteiger charge is -2.12. The fourth-order valence-corrected chi connectivity index (χ4v) is 0.989. The van der Waals surface area contributed by atoms with Gasteiger partial charge in [0.15, 0.2) is 0 Å². The van der Waals surface area contributed by atoms with Gasteiger partial charge >= 0.3 is 5.97 Å². The lowest BCUT2D eigenvalue weighted by Crippen LogP contribution is -2.29. The van der Waals surface area contributed by atoms with E-state index in [1.54, 1.807) is 0 Å². The van der Waals surface area contributed by atoms with E-state index in [2.05, 4.69) is 5.32 Å². The second-order valence-corrected chi connectivity index (χ2v) is 3.74. The Morgan fingerprint density at radius 2 is 2.00 bits per heavy atom. The van der Waals surface area contributed by atoms with Crippen molar-refractivity contribution in [1.82, 2.24) is 5.32 Å². The minimum Gasteiger partial charge on any atom is -0.465 e. The van der Waals surface area contributed by atoms with Gasteiger partial charge in [-0.2, -0.15) is 0 Å². The number of hydrogen-bond donors (Lipinski definition) is 1. The zero-order chi connectivity index (χ0) is 10.3. The third-order valence-electron chi connectivity index (χ3n) is 1.60. The van der Waals surface area contributed by atoms with Crippen LogP contribution in [0.5, 0.6) is 0 Å². The number of carbonyl (C=O) groups is 1. The lowest BCUT2D eigenvalue weighted by molar-refractivity contribution is -0.145. The number of esters is 1. The third-order valence-corrected chi connectivity index (χ3v) is 1.60. The van der Waals surface area contributed by atoms with Gasteiger partial charge in [0, 0.05) is 6.04 Å². The molecule has 1 atom stereocenters. The van der Waals surface area contributed by atoms with Crippen LogP contribution in [-0.4, -0.2) is 25.2 Å². The van der Waals surface area contributed by atoms with Crippen molar-refractivity contribution in [1.29, 1.82) is 0 Å². The second-order valence-electron chi connectivity index (χ2n) is 3.74. The molecule has 0 rings (SSSR count). The highest BCUT2D eigenvalue weighted by molar-refractivity contribution is 5.70. The van der Waals surface area contributed by atoms with Crippen molar-refractivity contribution in [2.75, 3.05) is 13.2 Å². The van der Waals surface area contributed by atoms with Crippen molar-refractivity contribution in [3.05, 3.63) is 0 Å². The van der Waals surface area contributed by atoms with Crippen LogP contribution in [0, 0.1) is 5.92 Å². The van der Waals surface area contributed by atoms with Crippen LogP contribution < -0.4 is 5.32 Å². The van der Waals surface area contributed by atoms with Crippen LogP contribution >= 0.6 is 0 Å². The molecule has 1 N–H and O–H groups in total. The van der Waals surface area contributed by atoms with Crippen LogP contribution in [0.4, 0.5) is 0 Å². The van der Waals surface area contributed by atoms with Crippen LogP contribution in [0.15, 0.2) is 0 Å². The monoisotopic (exact) mass is 187 g/mol. The minimum atomic E-state index is -0.109. The van der Waals surface area contributed by atoms with E-state index >= 15 is 0 Å². The van der Waals surface area contributed by atoms with Gasteiger partial charge in [0.25, 0.3) is 0 Å². The highest BCUT2D eigenvalue weighted by Gasteiger charge is 2.09. The highest BCUT2D eigenvalue weighted by Crippen LogP contribution is 1.97. The maximum atomic E-state index is 11.2. The Morgan fingerprint density at radius 1 is 1.38 bits per heavy atom. The first-order valence-electron chi connectivity index (χ1n) is 4.95. The molecule has 1 unspecified atom stereocenters. The van der Waals surface area contributed by atoms with Gasteiger partial charge in [0.05, 0.1) is 13.0 Å². The van der Waals surface area contributed by atoms with E-state index < -0.39 is 0 Å². The van der Waals surface area contributed by atoms with Gasteiger partial charge in [0.2, 0.25) is 0 Å². The van der Waals surface area contributed by atoms with Gasteiger partial charge in [-0.15, -0.1) is 0 Å². The molecule has 0 aliphatic carbocycles. The quantitative estimate of drug-likeness (QED) is 0.641. The molecule has 0 heterocycles. The van der Waals surface area contributed by atoms with Crippen LogP contribution in [0.1, 0.15) is 34.1 Å². The van der Waals surface area contributed by atoms with Gasteiger partial charge < -0.3 is 10.1 Å². The first kappa shape index (κ1) is 12.4. The number of nitrogens with one attached hydrogen (secondary N) is 1. The van der Waals surface area contributed by atoms with Crippen molar-refractivity contribution in [2.24, 2.45) is 5.92 Å². The van der Waals surface area contributed by atoms with Gasteiger partial charge in [-0.25, -0.2) is 0 Å². The average molecular weight is 187 g/mol. The molecule has 0 spiro atoms. The molecule has 0 saturated heterocycles. The smallest absolute Gasteiger partial charge is 0.307 e. The molecule has 0 fully saturated rings. The molecular formula is C10H21NO2. The molecular weight excluding hydrogens is 166 g/mol. The Kier molecular flexibility index (Phi) is 6.59. The van der Waals surface area contributed by atoms with E-state index in [0.717, 1.165) is 6.54 Å². The summed E-state index contributed by atoms with van der Waals surface area (Å²) < 4.78 is 5.04. The Bertz CT molecular complexity index is 146. The molecule has 0 aliphatic rings. The van der Waals surface area contributed by atoms with Crippen molar-refractivity contribution >= 4 is 5.97 Å². The summed E-state index contributed by atoms with van der Waals surface area (Å²) in [7, 11) is 0. The number of hydrogen-bond acceptors (Lipinski definition) is 3. The SMILES string of the molecule is CCNC(C)CC(=O)OCC(C)C. The molecule has 0 aromatic carbocycles. The summed E-state index contributed by atoms with van der Waals surface area (Å²) in [6.07, 6.45) is 0.459. The molecule has 0 aromatic heterocycles. The second kappa shape index (κ2) is 6.89. The topological polar surface area (TPSA) is 38.3 Å². The Hall–Kier alpha value is -0.570.